The summed E-state index contributed by atoms with van der Waals surface area (Å²) in [6.45, 7) is 2.69. The number of amides is 4. The Bertz CT molecular complexity index is 1120. The zero-order valence-corrected chi connectivity index (χ0v) is 22.6. The van der Waals surface area contributed by atoms with Crippen LogP contribution in [-0.4, -0.2) is 70.4 Å². The van der Waals surface area contributed by atoms with Crippen LogP contribution >= 0.6 is 0 Å². The van der Waals surface area contributed by atoms with Crippen molar-refractivity contribution in [3.8, 4) is 0 Å². The van der Waals surface area contributed by atoms with E-state index in [-0.39, 0.29) is 32.2 Å². The molecule has 0 bridgehead atoms. The SMILES string of the molecule is CC(C)O.O=C(CNC(=O)OCc1ccccc1)ON1C(=O)CCC1=O.O=C(O)CNC(=O)OCc1ccccc1. The van der Waals surface area contributed by atoms with Crippen LogP contribution in [0, 0.1) is 0 Å². The van der Waals surface area contributed by atoms with Crippen molar-refractivity contribution >= 4 is 35.9 Å². The minimum absolute atomic E-state index is 0.0126. The topological polar surface area (TPSA) is 198 Å². The molecular formula is C27H33N3O11. The van der Waals surface area contributed by atoms with Crippen LogP contribution in [0.25, 0.3) is 0 Å². The molecule has 1 aliphatic heterocycles. The summed E-state index contributed by atoms with van der Waals surface area (Å²) in [5.74, 6) is -3.19. The number of carbonyl (C=O) groups excluding carboxylic acids is 5. The van der Waals surface area contributed by atoms with Crippen LogP contribution in [0.1, 0.15) is 37.8 Å². The molecule has 1 heterocycles. The van der Waals surface area contributed by atoms with Crippen LogP contribution in [0.15, 0.2) is 60.7 Å². The van der Waals surface area contributed by atoms with Gasteiger partial charge in [-0.2, -0.15) is 0 Å². The van der Waals surface area contributed by atoms with Crippen molar-refractivity contribution in [2.45, 2.75) is 46.0 Å². The molecule has 14 nitrogen and oxygen atoms in total. The Balaban J connectivity index is 0.000000383. The summed E-state index contributed by atoms with van der Waals surface area (Å²) < 4.78 is 9.65. The molecule has 222 valence electrons. The molecule has 41 heavy (non-hydrogen) atoms. The van der Waals surface area contributed by atoms with Crippen molar-refractivity contribution in [2.24, 2.45) is 0 Å². The Kier molecular flexibility index (Phi) is 15.9. The molecule has 2 aromatic carbocycles. The Labute approximate surface area is 236 Å². The third-order valence-electron chi connectivity index (χ3n) is 4.39. The lowest BCUT2D eigenvalue weighted by molar-refractivity contribution is -0.196. The fraction of sp³-hybridized carbons (Fsp3) is 0.333. The van der Waals surface area contributed by atoms with Gasteiger partial charge in [-0.05, 0) is 25.0 Å². The lowest BCUT2D eigenvalue weighted by atomic mass is 10.2. The predicted octanol–water partition coefficient (Wildman–Crippen LogP) is 1.90. The highest BCUT2D eigenvalue weighted by Gasteiger charge is 2.32. The lowest BCUT2D eigenvalue weighted by Crippen LogP contribution is -2.37. The largest absolute Gasteiger partial charge is 0.480 e. The van der Waals surface area contributed by atoms with Gasteiger partial charge in [0, 0.05) is 18.9 Å². The Hall–Kier alpha value is -4.98. The maximum Gasteiger partial charge on any atom is 0.407 e. The molecule has 0 saturated carbocycles. The number of alkyl carbamates (subject to hydrolysis) is 2. The maximum atomic E-state index is 11.4. The fourth-order valence-electron chi connectivity index (χ4n) is 2.63. The highest BCUT2D eigenvalue weighted by molar-refractivity contribution is 6.01. The molecule has 0 aliphatic carbocycles. The summed E-state index contributed by atoms with van der Waals surface area (Å²) in [5.41, 5.74) is 1.65. The number of carbonyl (C=O) groups is 6. The first-order chi connectivity index (χ1) is 19.5. The molecule has 1 aliphatic rings. The van der Waals surface area contributed by atoms with Gasteiger partial charge in [0.15, 0.2) is 0 Å². The highest BCUT2D eigenvalue weighted by atomic mass is 16.7. The number of aliphatic carboxylic acids is 1. The fourth-order valence-corrected chi connectivity index (χ4v) is 2.63. The first kappa shape index (κ1) is 34.0. The van der Waals surface area contributed by atoms with Crippen molar-refractivity contribution in [3.05, 3.63) is 71.8 Å². The number of rotatable bonds is 9. The molecule has 0 spiro atoms. The smallest absolute Gasteiger partial charge is 0.407 e. The normalized spacial score (nSPS) is 11.8. The van der Waals surface area contributed by atoms with E-state index in [1.165, 1.54) is 0 Å². The summed E-state index contributed by atoms with van der Waals surface area (Å²) in [5, 5.41) is 21.0. The van der Waals surface area contributed by atoms with Gasteiger partial charge in [0.2, 0.25) is 0 Å². The number of nitrogens with one attached hydrogen (secondary N) is 2. The number of hydroxylamine groups is 2. The highest BCUT2D eigenvalue weighted by Crippen LogP contribution is 2.11. The van der Waals surface area contributed by atoms with Gasteiger partial charge in [-0.3, -0.25) is 14.4 Å². The average molecular weight is 576 g/mol. The number of carboxylic acid groups (broad SMARTS) is 1. The van der Waals surface area contributed by atoms with Gasteiger partial charge < -0.3 is 35.2 Å². The zero-order valence-electron chi connectivity index (χ0n) is 22.6. The number of hydrogen-bond donors (Lipinski definition) is 4. The average Bonchev–Trinajstić information content (AvgIpc) is 3.26. The second kappa shape index (κ2) is 19.1. The molecule has 4 amide bonds. The van der Waals surface area contributed by atoms with Crippen molar-refractivity contribution in [1.82, 2.24) is 15.7 Å². The minimum atomic E-state index is -1.10. The molecule has 14 heteroatoms. The second-order valence-electron chi connectivity index (χ2n) is 8.36. The monoisotopic (exact) mass is 575 g/mol. The number of imide groups is 1. The number of nitrogens with zero attached hydrogens (tertiary/aromatic N) is 1. The Morgan fingerprint density at radius 1 is 0.780 bits per heavy atom. The third-order valence-corrected chi connectivity index (χ3v) is 4.39. The van der Waals surface area contributed by atoms with Gasteiger partial charge in [0.05, 0.1) is 0 Å². The van der Waals surface area contributed by atoms with E-state index < -0.39 is 49.0 Å². The molecule has 1 fully saturated rings. The first-order valence-electron chi connectivity index (χ1n) is 12.3. The van der Waals surface area contributed by atoms with Crippen molar-refractivity contribution in [2.75, 3.05) is 13.1 Å². The summed E-state index contributed by atoms with van der Waals surface area (Å²) in [7, 11) is 0. The van der Waals surface area contributed by atoms with E-state index in [9.17, 15) is 28.8 Å². The molecule has 3 rings (SSSR count). The van der Waals surface area contributed by atoms with Gasteiger partial charge in [0.25, 0.3) is 11.8 Å². The van der Waals surface area contributed by atoms with Crippen LogP contribution in [0.3, 0.4) is 0 Å². The van der Waals surface area contributed by atoms with E-state index in [4.69, 9.17) is 19.7 Å². The van der Waals surface area contributed by atoms with E-state index in [2.05, 4.69) is 15.5 Å². The van der Waals surface area contributed by atoms with E-state index in [1.54, 1.807) is 38.1 Å². The summed E-state index contributed by atoms with van der Waals surface area (Å²) in [6, 6.07) is 18.1. The predicted molar refractivity (Wildman–Crippen MR) is 141 cm³/mol. The quantitative estimate of drug-likeness (QED) is 0.319. The van der Waals surface area contributed by atoms with Crippen LogP contribution in [0.5, 0.6) is 0 Å². The van der Waals surface area contributed by atoms with Crippen molar-refractivity contribution in [3.63, 3.8) is 0 Å². The summed E-state index contributed by atoms with van der Waals surface area (Å²) in [6.07, 6.45) is -1.68. The van der Waals surface area contributed by atoms with Gasteiger partial charge in [-0.1, -0.05) is 60.7 Å². The van der Waals surface area contributed by atoms with E-state index in [0.717, 1.165) is 11.1 Å². The molecule has 2 aromatic rings. The van der Waals surface area contributed by atoms with E-state index in [0.29, 0.717) is 5.06 Å². The van der Waals surface area contributed by atoms with Gasteiger partial charge in [-0.15, -0.1) is 5.06 Å². The molecule has 0 atom stereocenters. The summed E-state index contributed by atoms with van der Waals surface area (Å²) in [4.78, 5) is 70.9. The molecule has 0 radical (unpaired) electrons. The number of aliphatic hydroxyl groups is 1. The number of benzene rings is 2. The second-order valence-corrected chi connectivity index (χ2v) is 8.36. The van der Waals surface area contributed by atoms with E-state index in [1.807, 2.05) is 36.4 Å². The standard InChI is InChI=1S/C14H14N2O6.C10H11NO4.C3H8O/c17-11-6-7-12(18)16(11)22-13(19)8-15-14(20)21-9-10-4-2-1-3-5-10;12-9(13)6-11-10(14)15-7-8-4-2-1-3-5-8;1-3(2)4/h1-5H,6-9H2,(H,15,20);1-5H,6-7H2,(H,11,14)(H,12,13);3-4H,1-2H3. The number of hydrogen-bond acceptors (Lipinski definition) is 10. The Morgan fingerprint density at radius 2 is 1.17 bits per heavy atom. The van der Waals surface area contributed by atoms with Crippen LogP contribution in [-0.2, 0) is 46.7 Å². The van der Waals surface area contributed by atoms with Crippen LogP contribution in [0.2, 0.25) is 0 Å². The number of carboxylic acids is 1. The van der Waals surface area contributed by atoms with Crippen molar-refractivity contribution < 1.29 is 53.3 Å². The molecular weight excluding hydrogens is 542 g/mol. The molecule has 1 saturated heterocycles. The maximum absolute atomic E-state index is 11.4. The number of aliphatic hydroxyl groups excluding tert-OH is 1. The number of ether oxygens (including phenoxy) is 2. The molecule has 0 unspecified atom stereocenters. The first-order valence-corrected chi connectivity index (χ1v) is 12.3. The van der Waals surface area contributed by atoms with Crippen LogP contribution in [0.4, 0.5) is 9.59 Å². The Morgan fingerprint density at radius 3 is 1.56 bits per heavy atom. The summed E-state index contributed by atoms with van der Waals surface area (Å²) >= 11 is 0. The molecule has 0 aromatic heterocycles. The molecule has 4 N–H and O–H groups in total. The van der Waals surface area contributed by atoms with Gasteiger partial charge in [-0.25, -0.2) is 14.4 Å². The van der Waals surface area contributed by atoms with E-state index >= 15 is 0 Å². The van der Waals surface area contributed by atoms with Crippen molar-refractivity contribution in [1.29, 1.82) is 0 Å². The van der Waals surface area contributed by atoms with Gasteiger partial charge >= 0.3 is 24.1 Å². The van der Waals surface area contributed by atoms with Crippen LogP contribution < -0.4 is 10.6 Å². The third kappa shape index (κ3) is 16.6. The zero-order chi connectivity index (χ0) is 30.6. The minimum Gasteiger partial charge on any atom is -0.480 e. The van der Waals surface area contributed by atoms with Gasteiger partial charge in [0.1, 0.15) is 26.3 Å². The lowest BCUT2D eigenvalue weighted by Gasteiger charge is -2.12.